The third-order valence-corrected chi connectivity index (χ3v) is 5.39. The first-order valence-corrected chi connectivity index (χ1v) is 10.0. The summed E-state index contributed by atoms with van der Waals surface area (Å²) in [7, 11) is 0. The molecule has 1 aliphatic heterocycles. The lowest BCUT2D eigenvalue weighted by molar-refractivity contribution is 0.126. The standard InChI is InChI=1S/C21H23F3N6O2/c22-11-7-15(23)18(16(24)8-11)28-21-27-17-9-25-20(26-12-1-3-14(31)4-2-12)29-19(17)30(21)13-5-6-32-10-13/h7-9,12-14,31H,1-6,10H2,(H,27,28)(H,25,26,29)/i5D,6D2,10D,13D. The molecule has 0 radical (unpaired) electrons. The molecule has 32 heavy (non-hydrogen) atoms. The van der Waals surface area contributed by atoms with Gasteiger partial charge < -0.3 is 20.5 Å². The maximum Gasteiger partial charge on any atom is 0.224 e. The Morgan fingerprint density at radius 3 is 2.59 bits per heavy atom. The van der Waals surface area contributed by atoms with E-state index in [1.807, 2.05) is 0 Å². The SMILES string of the molecule is [2H]C1OC([2H])([2H])C([2H])C1([2H])n1c(Nc2c(F)cc(F)cc2F)nc2cnc(NC3CCC(O)CC3)nc21. The first-order chi connectivity index (χ1) is 17.4. The van der Waals surface area contributed by atoms with E-state index in [1.165, 1.54) is 6.20 Å². The van der Waals surface area contributed by atoms with Gasteiger partial charge in [-0.15, -0.1) is 0 Å². The molecule has 170 valence electrons. The highest BCUT2D eigenvalue weighted by molar-refractivity contribution is 5.76. The largest absolute Gasteiger partial charge is 0.393 e. The van der Waals surface area contributed by atoms with Gasteiger partial charge in [0.05, 0.1) is 30.4 Å². The number of benzene rings is 1. The number of anilines is 3. The van der Waals surface area contributed by atoms with Gasteiger partial charge in [-0.1, -0.05) is 0 Å². The van der Waals surface area contributed by atoms with Crippen molar-refractivity contribution >= 4 is 28.7 Å². The predicted molar refractivity (Wildman–Crippen MR) is 111 cm³/mol. The quantitative estimate of drug-likeness (QED) is 0.542. The molecule has 3 unspecified atom stereocenters. The van der Waals surface area contributed by atoms with E-state index in [4.69, 9.17) is 11.6 Å². The zero-order valence-electron chi connectivity index (χ0n) is 21.6. The number of nitrogens with one attached hydrogen (secondary N) is 2. The van der Waals surface area contributed by atoms with Crippen LogP contribution in [0.4, 0.5) is 30.8 Å². The zero-order chi connectivity index (χ0) is 26.7. The molecule has 1 aromatic carbocycles. The summed E-state index contributed by atoms with van der Waals surface area (Å²) in [6, 6.07) is -1.68. The van der Waals surface area contributed by atoms with Gasteiger partial charge in [-0.05, 0) is 32.1 Å². The Bertz CT molecular complexity index is 1320. The van der Waals surface area contributed by atoms with Crippen molar-refractivity contribution in [1.82, 2.24) is 19.5 Å². The first-order valence-electron chi connectivity index (χ1n) is 12.7. The van der Waals surface area contributed by atoms with Crippen LogP contribution in [0.15, 0.2) is 18.3 Å². The number of rotatable bonds is 5. The topological polar surface area (TPSA) is 97.1 Å². The van der Waals surface area contributed by atoms with Crippen LogP contribution in [-0.4, -0.2) is 49.9 Å². The second kappa shape index (κ2) is 8.55. The van der Waals surface area contributed by atoms with Crippen LogP contribution >= 0.6 is 0 Å². The third-order valence-electron chi connectivity index (χ3n) is 5.39. The molecule has 11 heteroatoms. The molecule has 1 saturated heterocycles. The van der Waals surface area contributed by atoms with Crippen molar-refractivity contribution in [3.05, 3.63) is 35.8 Å². The van der Waals surface area contributed by atoms with E-state index in [0.29, 0.717) is 37.8 Å². The van der Waals surface area contributed by atoms with Crippen LogP contribution in [0.25, 0.3) is 11.2 Å². The summed E-state index contributed by atoms with van der Waals surface area (Å²) in [6.45, 7) is -4.65. The Morgan fingerprint density at radius 1 is 1.16 bits per heavy atom. The second-order valence-electron chi connectivity index (χ2n) is 7.62. The Hall–Kier alpha value is -2.92. The van der Waals surface area contributed by atoms with E-state index in [-0.39, 0.29) is 29.3 Å². The number of hydrogen-bond acceptors (Lipinski definition) is 7. The molecular weight excluding hydrogens is 425 g/mol. The molecule has 8 nitrogen and oxygen atoms in total. The van der Waals surface area contributed by atoms with Crippen molar-refractivity contribution in [2.45, 2.75) is 50.2 Å². The van der Waals surface area contributed by atoms with Gasteiger partial charge in [0, 0.05) is 26.1 Å². The molecule has 3 aromatic rings. The van der Waals surface area contributed by atoms with E-state index in [1.54, 1.807) is 0 Å². The lowest BCUT2D eigenvalue weighted by atomic mass is 9.93. The number of aliphatic hydroxyl groups is 1. The van der Waals surface area contributed by atoms with Gasteiger partial charge in [0.15, 0.2) is 17.3 Å². The Balaban J connectivity index is 1.63. The summed E-state index contributed by atoms with van der Waals surface area (Å²) in [6.07, 6.45) is 1.37. The summed E-state index contributed by atoms with van der Waals surface area (Å²) >= 11 is 0. The molecule has 2 aromatic heterocycles. The predicted octanol–water partition coefficient (Wildman–Crippen LogP) is 3.66. The molecule has 3 heterocycles. The number of nitrogens with zero attached hydrogens (tertiary/aromatic N) is 4. The van der Waals surface area contributed by atoms with Crippen molar-refractivity contribution in [3.8, 4) is 0 Å². The van der Waals surface area contributed by atoms with Crippen LogP contribution < -0.4 is 10.6 Å². The van der Waals surface area contributed by atoms with Gasteiger partial charge in [-0.3, -0.25) is 4.57 Å². The number of hydrogen-bond donors (Lipinski definition) is 3. The van der Waals surface area contributed by atoms with Gasteiger partial charge in [0.25, 0.3) is 0 Å². The minimum absolute atomic E-state index is 0.0218. The average Bonchev–Trinajstić information content (AvgIpc) is 3.25. The molecule has 1 saturated carbocycles. The number of halogens is 3. The van der Waals surface area contributed by atoms with E-state index in [9.17, 15) is 18.3 Å². The minimum Gasteiger partial charge on any atom is -0.393 e. The molecule has 3 atom stereocenters. The van der Waals surface area contributed by atoms with Gasteiger partial charge in [0.1, 0.15) is 17.0 Å². The highest BCUT2D eigenvalue weighted by Crippen LogP contribution is 2.32. The monoisotopic (exact) mass is 453 g/mol. The Kier molecular flexibility index (Phi) is 4.22. The minimum atomic E-state index is -2.70. The van der Waals surface area contributed by atoms with E-state index in [0.717, 1.165) is 4.57 Å². The lowest BCUT2D eigenvalue weighted by Crippen LogP contribution is -2.29. The van der Waals surface area contributed by atoms with E-state index < -0.39 is 54.6 Å². The van der Waals surface area contributed by atoms with Crippen LogP contribution in [0.2, 0.25) is 0 Å². The fraction of sp³-hybridized carbons (Fsp3) is 0.476. The van der Waals surface area contributed by atoms with Crippen molar-refractivity contribution in [1.29, 1.82) is 0 Å². The summed E-state index contributed by atoms with van der Waals surface area (Å²) < 4.78 is 89.6. The summed E-state index contributed by atoms with van der Waals surface area (Å²) in [5, 5.41) is 15.2. The Morgan fingerprint density at radius 2 is 1.91 bits per heavy atom. The van der Waals surface area contributed by atoms with Crippen molar-refractivity contribution in [3.63, 3.8) is 0 Å². The molecule has 5 rings (SSSR count). The smallest absolute Gasteiger partial charge is 0.224 e. The third kappa shape index (κ3) is 4.09. The summed E-state index contributed by atoms with van der Waals surface area (Å²) in [5.74, 6) is -4.10. The number of fused-ring (bicyclic) bond motifs is 1. The summed E-state index contributed by atoms with van der Waals surface area (Å²) in [5.41, 5.74) is -0.906. The average molecular weight is 453 g/mol. The second-order valence-corrected chi connectivity index (χ2v) is 7.62. The van der Waals surface area contributed by atoms with Crippen LogP contribution in [0.1, 0.15) is 45.0 Å². The fourth-order valence-corrected chi connectivity index (χ4v) is 3.79. The number of ether oxygens (including phenoxy) is 1. The number of aliphatic hydroxyl groups excluding tert-OH is 1. The van der Waals surface area contributed by atoms with Gasteiger partial charge in [0.2, 0.25) is 11.9 Å². The fourth-order valence-electron chi connectivity index (χ4n) is 3.79. The van der Waals surface area contributed by atoms with Crippen LogP contribution in [-0.2, 0) is 4.74 Å². The molecule has 0 amide bonds. The Labute approximate surface area is 188 Å². The van der Waals surface area contributed by atoms with Gasteiger partial charge >= 0.3 is 0 Å². The van der Waals surface area contributed by atoms with Crippen LogP contribution in [0, 0.1) is 17.5 Å². The number of aromatic nitrogens is 4. The maximum atomic E-state index is 14.4. The molecule has 1 aliphatic carbocycles. The lowest BCUT2D eigenvalue weighted by Gasteiger charge is -2.26. The van der Waals surface area contributed by atoms with Gasteiger partial charge in [-0.25, -0.2) is 23.1 Å². The molecule has 3 N–H and O–H groups in total. The van der Waals surface area contributed by atoms with Crippen molar-refractivity contribution in [2.75, 3.05) is 23.8 Å². The molecule has 0 bridgehead atoms. The summed E-state index contributed by atoms with van der Waals surface area (Å²) in [4.78, 5) is 12.8. The van der Waals surface area contributed by atoms with Gasteiger partial charge in [-0.2, -0.15) is 4.98 Å². The molecule has 0 spiro atoms. The number of imidazole rings is 1. The molecule has 2 aliphatic rings. The van der Waals surface area contributed by atoms with Crippen LogP contribution in [0.3, 0.4) is 0 Å². The first kappa shape index (κ1) is 15.8. The van der Waals surface area contributed by atoms with Crippen molar-refractivity contribution < 1.29 is 29.9 Å². The molecular formula is C21H23F3N6O2. The van der Waals surface area contributed by atoms with Crippen LogP contribution in [0.5, 0.6) is 0 Å². The van der Waals surface area contributed by atoms with Crippen molar-refractivity contribution in [2.24, 2.45) is 0 Å². The van der Waals surface area contributed by atoms with E-state index in [2.05, 4.69) is 25.6 Å². The highest BCUT2D eigenvalue weighted by Gasteiger charge is 2.27. The normalized spacial score (nSPS) is 34.3. The highest BCUT2D eigenvalue weighted by atomic mass is 19.1. The van der Waals surface area contributed by atoms with E-state index >= 15 is 0 Å². The maximum absolute atomic E-state index is 14.4. The molecule has 2 fully saturated rings. The zero-order valence-corrected chi connectivity index (χ0v) is 16.6.